The number of benzene rings is 1. The molecule has 158 valence electrons. The van der Waals surface area contributed by atoms with Crippen molar-refractivity contribution in [3.05, 3.63) is 63.1 Å². The molecule has 2 heterocycles. The molecule has 0 aliphatic heterocycles. The predicted molar refractivity (Wildman–Crippen MR) is 96.7 cm³/mol. The van der Waals surface area contributed by atoms with Crippen molar-refractivity contribution in [1.29, 1.82) is 0 Å². The molecule has 7 nitrogen and oxygen atoms in total. The maximum atomic E-state index is 15.1. The highest BCUT2D eigenvalue weighted by Crippen LogP contribution is 2.39. The number of nitrogens with one attached hydrogen (secondary N) is 1. The van der Waals surface area contributed by atoms with E-state index in [-0.39, 0.29) is 17.3 Å². The number of hydrogen-bond donors (Lipinski definition) is 1. The van der Waals surface area contributed by atoms with Crippen molar-refractivity contribution >= 4 is 16.9 Å². The van der Waals surface area contributed by atoms with Gasteiger partial charge in [0.05, 0.1) is 23.8 Å². The first kappa shape index (κ1) is 21.2. The number of aromatic amines is 1. The van der Waals surface area contributed by atoms with Gasteiger partial charge in [0.2, 0.25) is 5.88 Å². The van der Waals surface area contributed by atoms with Gasteiger partial charge in [-0.3, -0.25) is 4.79 Å². The maximum Gasteiger partial charge on any atom is 0.416 e. The number of alkyl halides is 3. The Balaban J connectivity index is 2.10. The molecule has 3 aromatic rings. The third-order valence-electron chi connectivity index (χ3n) is 4.26. The lowest BCUT2D eigenvalue weighted by molar-refractivity contribution is -0.139. The second kappa shape index (κ2) is 7.73. The van der Waals surface area contributed by atoms with Gasteiger partial charge in [0.25, 0.3) is 5.56 Å². The van der Waals surface area contributed by atoms with E-state index < -0.39 is 51.7 Å². The molecule has 1 unspecified atom stereocenters. The Hall–Kier alpha value is -3.50. The molecule has 0 radical (unpaired) electrons. The van der Waals surface area contributed by atoms with Crippen LogP contribution in [0.5, 0.6) is 5.88 Å². The largest absolute Gasteiger partial charge is 0.470 e. The molecule has 0 spiro atoms. The van der Waals surface area contributed by atoms with Gasteiger partial charge in [0, 0.05) is 17.8 Å². The third kappa shape index (κ3) is 3.95. The summed E-state index contributed by atoms with van der Waals surface area (Å²) < 4.78 is 65.9. The lowest BCUT2D eigenvalue weighted by Gasteiger charge is -2.21. The highest BCUT2D eigenvalue weighted by Gasteiger charge is 2.38. The van der Waals surface area contributed by atoms with E-state index in [1.54, 1.807) is 0 Å². The van der Waals surface area contributed by atoms with Gasteiger partial charge >= 0.3 is 12.1 Å². The molecule has 30 heavy (non-hydrogen) atoms. The van der Waals surface area contributed by atoms with E-state index >= 15 is 4.39 Å². The number of aryl methyl sites for hydroxylation is 1. The van der Waals surface area contributed by atoms with E-state index in [1.807, 2.05) is 0 Å². The summed E-state index contributed by atoms with van der Waals surface area (Å²) in [6.45, 7) is 2.56. The lowest BCUT2D eigenvalue weighted by Crippen LogP contribution is -2.20. The molecule has 0 saturated heterocycles. The van der Waals surface area contributed by atoms with Gasteiger partial charge in [0.15, 0.2) is 0 Å². The molecule has 0 saturated carbocycles. The van der Waals surface area contributed by atoms with Crippen LogP contribution >= 0.6 is 0 Å². The minimum absolute atomic E-state index is 0.0481. The number of fused-ring (bicyclic) bond motifs is 1. The summed E-state index contributed by atoms with van der Waals surface area (Å²) in [7, 11) is 1.17. The van der Waals surface area contributed by atoms with Crippen LogP contribution < -0.4 is 10.3 Å². The Morgan fingerprint density at radius 1 is 1.27 bits per heavy atom. The standard InChI is InChI=1S/C19H15F4N3O4/c1-8(30-13-5-4-10(7-24-13)18(28)29-3)14-11(19(21,22)23)6-12-15(16(14)20)17(27)26-9(2)25-12/h4-8H,1-3H3,(H,25,26,27). The summed E-state index contributed by atoms with van der Waals surface area (Å²) >= 11 is 0. The fourth-order valence-corrected chi connectivity index (χ4v) is 2.95. The van der Waals surface area contributed by atoms with Gasteiger partial charge in [-0.15, -0.1) is 0 Å². The number of carbonyl (C=O) groups excluding carboxylic acids is 1. The number of aromatic nitrogens is 3. The zero-order chi connectivity index (χ0) is 22.2. The van der Waals surface area contributed by atoms with E-state index in [9.17, 15) is 22.8 Å². The Kier molecular flexibility index (Phi) is 5.47. The van der Waals surface area contributed by atoms with E-state index in [2.05, 4.69) is 19.7 Å². The highest BCUT2D eigenvalue weighted by molar-refractivity contribution is 5.88. The number of carbonyl (C=O) groups is 1. The molecule has 1 atom stereocenters. The third-order valence-corrected chi connectivity index (χ3v) is 4.26. The zero-order valence-corrected chi connectivity index (χ0v) is 15.9. The normalized spacial score (nSPS) is 12.6. The smallest absolute Gasteiger partial charge is 0.416 e. The van der Waals surface area contributed by atoms with Gasteiger partial charge in [-0.1, -0.05) is 0 Å². The van der Waals surface area contributed by atoms with Crippen LogP contribution in [0.2, 0.25) is 0 Å². The van der Waals surface area contributed by atoms with E-state index in [4.69, 9.17) is 4.74 Å². The van der Waals surface area contributed by atoms with Gasteiger partial charge in [-0.25, -0.2) is 19.2 Å². The number of ether oxygens (including phenoxy) is 2. The van der Waals surface area contributed by atoms with Gasteiger partial charge < -0.3 is 14.5 Å². The summed E-state index contributed by atoms with van der Waals surface area (Å²) in [5, 5.41) is -0.604. The molecule has 0 bridgehead atoms. The average Bonchev–Trinajstić information content (AvgIpc) is 2.66. The summed E-state index contributed by atoms with van der Waals surface area (Å²) in [6, 6.07) is 3.13. The second-order valence-electron chi connectivity index (χ2n) is 6.33. The van der Waals surface area contributed by atoms with Crippen molar-refractivity contribution in [1.82, 2.24) is 15.0 Å². The molecule has 0 aliphatic rings. The van der Waals surface area contributed by atoms with Crippen LogP contribution in [-0.2, 0) is 10.9 Å². The van der Waals surface area contributed by atoms with Crippen LogP contribution in [0, 0.1) is 12.7 Å². The number of hydrogen-bond acceptors (Lipinski definition) is 6. The summed E-state index contributed by atoms with van der Waals surface area (Å²) in [6.07, 6.45) is -5.29. The molecular weight excluding hydrogens is 410 g/mol. The number of esters is 1. The van der Waals surface area contributed by atoms with E-state index in [1.165, 1.54) is 33.1 Å². The molecular formula is C19H15F4N3O4. The predicted octanol–water partition coefficient (Wildman–Crippen LogP) is 3.71. The van der Waals surface area contributed by atoms with E-state index in [0.717, 1.165) is 6.20 Å². The number of rotatable bonds is 4. The topological polar surface area (TPSA) is 94.2 Å². The molecule has 1 N–H and O–H groups in total. The molecule has 0 aliphatic carbocycles. The van der Waals surface area contributed by atoms with Crippen molar-refractivity contribution in [2.75, 3.05) is 7.11 Å². The van der Waals surface area contributed by atoms with Crippen LogP contribution in [-0.4, -0.2) is 28.0 Å². The van der Waals surface area contributed by atoms with Crippen molar-refractivity contribution in [3.63, 3.8) is 0 Å². The fourth-order valence-electron chi connectivity index (χ4n) is 2.95. The first-order valence-electron chi connectivity index (χ1n) is 8.54. The van der Waals surface area contributed by atoms with Crippen LogP contribution in [0.4, 0.5) is 17.6 Å². The van der Waals surface area contributed by atoms with Crippen LogP contribution in [0.1, 0.15) is 40.3 Å². The molecule has 2 aromatic heterocycles. The Labute approximate surface area is 166 Å². The average molecular weight is 425 g/mol. The number of H-pyrrole nitrogens is 1. The van der Waals surface area contributed by atoms with Gasteiger partial charge in [0.1, 0.15) is 23.1 Å². The van der Waals surface area contributed by atoms with Crippen LogP contribution in [0.3, 0.4) is 0 Å². The number of pyridine rings is 1. The van der Waals surface area contributed by atoms with Crippen molar-refractivity contribution < 1.29 is 31.8 Å². The first-order chi connectivity index (χ1) is 14.0. The van der Waals surface area contributed by atoms with E-state index in [0.29, 0.717) is 6.07 Å². The summed E-state index contributed by atoms with van der Waals surface area (Å²) in [5.74, 6) is -2.15. The van der Waals surface area contributed by atoms with Crippen molar-refractivity contribution in [2.45, 2.75) is 26.1 Å². The minimum atomic E-state index is -4.93. The fraction of sp³-hybridized carbons (Fsp3) is 0.263. The van der Waals surface area contributed by atoms with Crippen molar-refractivity contribution in [2.24, 2.45) is 0 Å². The molecule has 0 fully saturated rings. The number of methoxy groups -OCH3 is 1. The molecule has 0 amide bonds. The SMILES string of the molecule is COC(=O)c1ccc(OC(C)c2c(C(F)(F)F)cc3nc(C)[nH]c(=O)c3c2F)nc1. The molecule has 11 heteroatoms. The Bertz CT molecular complexity index is 1170. The monoisotopic (exact) mass is 425 g/mol. The second-order valence-corrected chi connectivity index (χ2v) is 6.33. The molecule has 3 rings (SSSR count). The van der Waals surface area contributed by atoms with Gasteiger partial charge in [-0.2, -0.15) is 13.2 Å². The lowest BCUT2D eigenvalue weighted by atomic mass is 9.98. The minimum Gasteiger partial charge on any atom is -0.470 e. The summed E-state index contributed by atoms with van der Waals surface area (Å²) in [5.41, 5.74) is -3.40. The summed E-state index contributed by atoms with van der Waals surface area (Å²) in [4.78, 5) is 33.4. The highest BCUT2D eigenvalue weighted by atomic mass is 19.4. The van der Waals surface area contributed by atoms with Crippen LogP contribution in [0.15, 0.2) is 29.2 Å². The quantitative estimate of drug-likeness (QED) is 0.506. The maximum absolute atomic E-state index is 15.1. The Morgan fingerprint density at radius 2 is 1.97 bits per heavy atom. The van der Waals surface area contributed by atoms with Crippen LogP contribution in [0.25, 0.3) is 10.9 Å². The zero-order valence-electron chi connectivity index (χ0n) is 15.9. The molecule has 1 aromatic carbocycles. The number of nitrogens with zero attached hydrogens (tertiary/aromatic N) is 2. The van der Waals surface area contributed by atoms with Gasteiger partial charge in [-0.05, 0) is 26.0 Å². The Morgan fingerprint density at radius 3 is 2.53 bits per heavy atom. The first-order valence-corrected chi connectivity index (χ1v) is 8.54. The van der Waals surface area contributed by atoms with Crippen molar-refractivity contribution in [3.8, 4) is 5.88 Å². The number of halogens is 4.